The molecule has 0 saturated carbocycles. The van der Waals surface area contributed by atoms with Gasteiger partial charge in [0.05, 0.1) is 6.04 Å². The maximum absolute atomic E-state index is 11.1. The highest BCUT2D eigenvalue weighted by Crippen LogP contribution is 2.27. The molecule has 6 heteroatoms. The molecule has 122 valence electrons. The van der Waals surface area contributed by atoms with E-state index in [-0.39, 0.29) is 16.9 Å². The minimum atomic E-state index is -0.824. The van der Waals surface area contributed by atoms with Crippen LogP contribution in [-0.4, -0.2) is 29.5 Å². The molecule has 1 N–H and O–H groups in total. The highest BCUT2D eigenvalue weighted by molar-refractivity contribution is 5.47. The molecule has 0 aliphatic carbocycles. The van der Waals surface area contributed by atoms with Crippen LogP contribution in [-0.2, 0) is 9.53 Å². The maximum Gasteiger partial charge on any atom is 0.236 e. The fourth-order valence-electron chi connectivity index (χ4n) is 2.44. The van der Waals surface area contributed by atoms with Gasteiger partial charge in [-0.3, -0.25) is 14.9 Å². The molecule has 0 fully saturated rings. The lowest BCUT2D eigenvalue weighted by atomic mass is 9.98. The average molecular weight is 308 g/mol. The molecular weight excluding hydrogens is 284 g/mol. The second-order valence-corrected chi connectivity index (χ2v) is 5.78. The zero-order chi connectivity index (χ0) is 16.7. The Morgan fingerprint density at radius 1 is 1.18 bits per heavy atom. The van der Waals surface area contributed by atoms with Gasteiger partial charge in [-0.2, -0.15) is 0 Å². The third-order valence-electron chi connectivity index (χ3n) is 3.68. The minimum Gasteiger partial charge on any atom is -0.361 e. The zero-order valence-corrected chi connectivity index (χ0v) is 13.4. The van der Waals surface area contributed by atoms with Crippen molar-refractivity contribution in [3.8, 4) is 0 Å². The first-order chi connectivity index (χ1) is 10.4. The summed E-state index contributed by atoms with van der Waals surface area (Å²) in [7, 11) is 0. The Kier molecular flexibility index (Phi) is 6.98. The SMILES string of the molecule is CC(C)C(O[C@H](c1ccccc1)[C@H](C)NC=O)C(C)[N+](=O)[O-]. The summed E-state index contributed by atoms with van der Waals surface area (Å²) in [6.45, 7) is 7.15. The van der Waals surface area contributed by atoms with Gasteiger partial charge in [-0.25, -0.2) is 0 Å². The topological polar surface area (TPSA) is 81.5 Å². The Labute approximate surface area is 131 Å². The molecule has 0 heterocycles. The van der Waals surface area contributed by atoms with Crippen LogP contribution < -0.4 is 5.32 Å². The smallest absolute Gasteiger partial charge is 0.236 e. The van der Waals surface area contributed by atoms with Gasteiger partial charge in [0, 0.05) is 11.8 Å². The quantitative estimate of drug-likeness (QED) is 0.432. The largest absolute Gasteiger partial charge is 0.361 e. The summed E-state index contributed by atoms with van der Waals surface area (Å²) < 4.78 is 6.07. The second kappa shape index (κ2) is 8.48. The molecule has 6 nitrogen and oxygen atoms in total. The summed E-state index contributed by atoms with van der Waals surface area (Å²) in [4.78, 5) is 21.5. The second-order valence-electron chi connectivity index (χ2n) is 5.78. The van der Waals surface area contributed by atoms with E-state index in [1.54, 1.807) is 6.92 Å². The Hall–Kier alpha value is -1.95. The predicted molar refractivity (Wildman–Crippen MR) is 84.0 cm³/mol. The molecule has 0 aliphatic rings. The Bertz CT molecular complexity index is 478. The fraction of sp³-hybridized carbons (Fsp3) is 0.562. The molecule has 0 aromatic heterocycles. The van der Waals surface area contributed by atoms with Crippen molar-refractivity contribution in [1.29, 1.82) is 0 Å². The van der Waals surface area contributed by atoms with Gasteiger partial charge < -0.3 is 10.1 Å². The number of nitrogens with one attached hydrogen (secondary N) is 1. The Balaban J connectivity index is 3.05. The standard InChI is InChI=1S/C16H24N2O4/c1-11(2)15(13(4)18(20)21)22-16(12(3)17-10-19)14-8-6-5-7-9-14/h5-13,15-16H,1-4H3,(H,17,19)/t12-,13?,15?,16-/m0/s1. The van der Waals surface area contributed by atoms with E-state index < -0.39 is 18.2 Å². The van der Waals surface area contributed by atoms with Gasteiger partial charge in [0.2, 0.25) is 12.5 Å². The number of nitrogens with zero attached hydrogens (tertiary/aromatic N) is 1. The van der Waals surface area contributed by atoms with Gasteiger partial charge in [-0.15, -0.1) is 0 Å². The van der Waals surface area contributed by atoms with Gasteiger partial charge >= 0.3 is 0 Å². The monoisotopic (exact) mass is 308 g/mol. The first kappa shape index (κ1) is 18.1. The Morgan fingerprint density at radius 3 is 2.23 bits per heavy atom. The molecule has 0 spiro atoms. The summed E-state index contributed by atoms with van der Waals surface area (Å²) >= 11 is 0. The predicted octanol–water partition coefficient (Wildman–Crippen LogP) is 2.57. The molecule has 2 unspecified atom stereocenters. The molecule has 1 aromatic carbocycles. The van der Waals surface area contributed by atoms with E-state index in [1.807, 2.05) is 51.1 Å². The number of nitro groups is 1. The van der Waals surface area contributed by atoms with Crippen molar-refractivity contribution in [2.45, 2.75) is 52.0 Å². The summed E-state index contributed by atoms with van der Waals surface area (Å²) in [5, 5.41) is 13.8. The lowest BCUT2D eigenvalue weighted by molar-refractivity contribution is -0.534. The first-order valence-electron chi connectivity index (χ1n) is 7.42. The number of benzene rings is 1. The van der Waals surface area contributed by atoms with Crippen molar-refractivity contribution in [3.63, 3.8) is 0 Å². The molecule has 0 radical (unpaired) electrons. The van der Waals surface area contributed by atoms with Crippen molar-refractivity contribution in [2.75, 3.05) is 0 Å². The summed E-state index contributed by atoms with van der Waals surface area (Å²) in [6.07, 6.45) is -0.372. The number of hydrogen-bond acceptors (Lipinski definition) is 4. The van der Waals surface area contributed by atoms with E-state index in [0.717, 1.165) is 5.56 Å². The van der Waals surface area contributed by atoms with E-state index in [4.69, 9.17) is 4.74 Å². The lowest BCUT2D eigenvalue weighted by Gasteiger charge is -2.31. The molecule has 22 heavy (non-hydrogen) atoms. The molecule has 1 amide bonds. The number of amides is 1. The van der Waals surface area contributed by atoms with Crippen LogP contribution in [0.15, 0.2) is 30.3 Å². The number of hydrogen-bond donors (Lipinski definition) is 1. The van der Waals surface area contributed by atoms with E-state index >= 15 is 0 Å². The lowest BCUT2D eigenvalue weighted by Crippen LogP contribution is -2.42. The van der Waals surface area contributed by atoms with Crippen LogP contribution >= 0.6 is 0 Å². The van der Waals surface area contributed by atoms with Crippen LogP contribution in [0.4, 0.5) is 0 Å². The molecular formula is C16H24N2O4. The van der Waals surface area contributed by atoms with Crippen LogP contribution in [0.3, 0.4) is 0 Å². The zero-order valence-electron chi connectivity index (χ0n) is 13.4. The van der Waals surface area contributed by atoms with Crippen LogP contribution in [0.2, 0.25) is 0 Å². The number of carbonyl (C=O) groups excluding carboxylic acids is 1. The molecule has 1 aromatic rings. The highest BCUT2D eigenvalue weighted by Gasteiger charge is 2.34. The summed E-state index contributed by atoms with van der Waals surface area (Å²) in [5.41, 5.74) is 0.880. The normalized spacial score (nSPS) is 16.6. The van der Waals surface area contributed by atoms with E-state index in [0.29, 0.717) is 6.41 Å². The number of ether oxygens (including phenoxy) is 1. The van der Waals surface area contributed by atoms with Gasteiger partial charge in [0.25, 0.3) is 0 Å². The van der Waals surface area contributed by atoms with E-state index in [9.17, 15) is 14.9 Å². The maximum atomic E-state index is 11.1. The summed E-state index contributed by atoms with van der Waals surface area (Å²) in [6, 6.07) is 8.30. The van der Waals surface area contributed by atoms with Crippen LogP contribution in [0.25, 0.3) is 0 Å². The van der Waals surface area contributed by atoms with Crippen molar-refractivity contribution in [3.05, 3.63) is 46.0 Å². The third-order valence-corrected chi connectivity index (χ3v) is 3.68. The van der Waals surface area contributed by atoms with Gasteiger partial charge in [0.15, 0.2) is 0 Å². The van der Waals surface area contributed by atoms with Crippen LogP contribution in [0, 0.1) is 16.0 Å². The average Bonchev–Trinajstić information content (AvgIpc) is 2.48. The molecule has 0 aliphatic heterocycles. The minimum absolute atomic E-state index is 0.0185. The van der Waals surface area contributed by atoms with Crippen molar-refractivity contribution < 1.29 is 14.5 Å². The molecule has 4 atom stereocenters. The number of carbonyl (C=O) groups is 1. The molecule has 0 bridgehead atoms. The van der Waals surface area contributed by atoms with Crippen molar-refractivity contribution in [2.24, 2.45) is 5.92 Å². The van der Waals surface area contributed by atoms with E-state index in [2.05, 4.69) is 5.32 Å². The number of rotatable bonds is 9. The van der Waals surface area contributed by atoms with Crippen LogP contribution in [0.5, 0.6) is 0 Å². The van der Waals surface area contributed by atoms with Crippen molar-refractivity contribution >= 4 is 6.41 Å². The van der Waals surface area contributed by atoms with Gasteiger partial charge in [-0.05, 0) is 18.4 Å². The van der Waals surface area contributed by atoms with Gasteiger partial charge in [0.1, 0.15) is 12.2 Å². The van der Waals surface area contributed by atoms with Gasteiger partial charge in [-0.1, -0.05) is 44.2 Å². The van der Waals surface area contributed by atoms with E-state index in [1.165, 1.54) is 0 Å². The highest BCUT2D eigenvalue weighted by atomic mass is 16.6. The van der Waals surface area contributed by atoms with Crippen LogP contribution in [0.1, 0.15) is 39.4 Å². The molecule has 0 saturated heterocycles. The third kappa shape index (κ3) is 4.80. The van der Waals surface area contributed by atoms with Crippen molar-refractivity contribution in [1.82, 2.24) is 5.32 Å². The summed E-state index contributed by atoms with van der Waals surface area (Å²) in [5.74, 6) is -0.0185. The first-order valence-corrected chi connectivity index (χ1v) is 7.42. The Morgan fingerprint density at radius 2 is 1.77 bits per heavy atom. The fourth-order valence-corrected chi connectivity index (χ4v) is 2.44. The molecule has 1 rings (SSSR count).